The lowest BCUT2D eigenvalue weighted by atomic mass is 9.79. The van der Waals surface area contributed by atoms with E-state index in [2.05, 4.69) is 19.9 Å². The topological polar surface area (TPSA) is 85.0 Å². The number of fused-ring (bicyclic) bond motifs is 1. The zero-order valence-corrected chi connectivity index (χ0v) is 18.4. The first-order chi connectivity index (χ1) is 16.0. The molecule has 2 aliphatic rings. The molecule has 0 amide bonds. The van der Waals surface area contributed by atoms with Gasteiger partial charge in [0.15, 0.2) is 11.3 Å². The largest absolute Gasteiger partial charge is 0.433 e. The van der Waals surface area contributed by atoms with E-state index in [1.807, 2.05) is 4.90 Å². The van der Waals surface area contributed by atoms with Crippen molar-refractivity contribution < 1.29 is 22.0 Å². The van der Waals surface area contributed by atoms with E-state index in [1.54, 1.807) is 4.90 Å². The number of imidazole rings is 1. The number of hydrogen-bond donors (Lipinski definition) is 0. The summed E-state index contributed by atoms with van der Waals surface area (Å²) in [5.41, 5.74) is -1.40. The molecular weight excluding hydrogens is 463 g/mol. The summed E-state index contributed by atoms with van der Waals surface area (Å²) in [6.45, 7) is 3.00. The molecule has 2 aliphatic heterocycles. The Bertz CT molecular complexity index is 1310. The molecule has 5 heterocycles. The van der Waals surface area contributed by atoms with Crippen LogP contribution in [0.1, 0.15) is 17.9 Å². The number of alkyl halides is 5. The number of aryl methyl sites for hydroxylation is 2. The van der Waals surface area contributed by atoms with Crippen molar-refractivity contribution in [3.8, 4) is 0 Å². The third-order valence-electron chi connectivity index (χ3n) is 6.39. The molecule has 0 saturated carbocycles. The lowest BCUT2D eigenvalue weighted by Crippen LogP contribution is -2.58. The van der Waals surface area contributed by atoms with E-state index in [-0.39, 0.29) is 28.4 Å². The molecule has 0 atom stereocenters. The minimum absolute atomic E-state index is 0.0618. The average Bonchev–Trinajstić information content (AvgIpc) is 3.28. The van der Waals surface area contributed by atoms with Crippen molar-refractivity contribution in [1.82, 2.24) is 29.1 Å². The monoisotopic (exact) mass is 484 g/mol. The van der Waals surface area contributed by atoms with Crippen molar-refractivity contribution in [3.63, 3.8) is 0 Å². The normalized spacial score (nSPS) is 17.9. The second-order valence-electron chi connectivity index (χ2n) is 8.90. The molecule has 0 unspecified atom stereocenters. The molecule has 0 aliphatic carbocycles. The zero-order valence-electron chi connectivity index (χ0n) is 18.4. The summed E-state index contributed by atoms with van der Waals surface area (Å²) in [6.07, 6.45) is -4.98. The van der Waals surface area contributed by atoms with E-state index < -0.39 is 30.5 Å². The molecular formula is C20H21F5N8O. The number of anilines is 2. The Kier molecular flexibility index (Phi) is 5.02. The molecule has 3 aromatic heterocycles. The fourth-order valence-corrected chi connectivity index (χ4v) is 4.77. The third-order valence-corrected chi connectivity index (χ3v) is 6.39. The van der Waals surface area contributed by atoms with Crippen molar-refractivity contribution in [3.05, 3.63) is 34.3 Å². The van der Waals surface area contributed by atoms with Crippen LogP contribution in [-0.2, 0) is 19.8 Å². The van der Waals surface area contributed by atoms with Gasteiger partial charge in [-0.1, -0.05) is 0 Å². The average molecular weight is 484 g/mol. The van der Waals surface area contributed by atoms with Crippen LogP contribution in [0.15, 0.2) is 17.1 Å². The van der Waals surface area contributed by atoms with Crippen LogP contribution in [0.4, 0.5) is 33.6 Å². The Morgan fingerprint density at radius 2 is 1.76 bits per heavy atom. The maximum atomic E-state index is 13.1. The predicted octanol–water partition coefficient (Wildman–Crippen LogP) is 2.23. The van der Waals surface area contributed by atoms with Gasteiger partial charge in [-0.3, -0.25) is 9.13 Å². The van der Waals surface area contributed by atoms with E-state index in [4.69, 9.17) is 0 Å². The molecule has 2 fully saturated rings. The van der Waals surface area contributed by atoms with E-state index in [0.717, 1.165) is 17.1 Å². The van der Waals surface area contributed by atoms with E-state index in [1.165, 1.54) is 24.7 Å². The van der Waals surface area contributed by atoms with Gasteiger partial charge in [-0.05, 0) is 13.3 Å². The van der Waals surface area contributed by atoms with E-state index >= 15 is 0 Å². The predicted molar refractivity (Wildman–Crippen MR) is 112 cm³/mol. The van der Waals surface area contributed by atoms with E-state index in [9.17, 15) is 26.7 Å². The molecule has 5 rings (SSSR count). The minimum atomic E-state index is -4.54. The Labute approximate surface area is 189 Å². The maximum absolute atomic E-state index is 13.1. The molecule has 1 spiro atoms. The smallest absolute Gasteiger partial charge is 0.355 e. The first-order valence-corrected chi connectivity index (χ1v) is 10.6. The highest BCUT2D eigenvalue weighted by Crippen LogP contribution is 2.43. The van der Waals surface area contributed by atoms with Crippen molar-refractivity contribution in [1.29, 1.82) is 0 Å². The number of rotatable bonds is 4. The number of hydrogen-bond acceptors (Lipinski definition) is 7. The summed E-state index contributed by atoms with van der Waals surface area (Å²) in [6, 6.07) is 0.969. The van der Waals surface area contributed by atoms with Crippen LogP contribution in [0.2, 0.25) is 0 Å². The van der Waals surface area contributed by atoms with Crippen LogP contribution in [-0.4, -0.2) is 61.7 Å². The Morgan fingerprint density at radius 3 is 2.44 bits per heavy atom. The molecule has 182 valence electrons. The lowest BCUT2D eigenvalue weighted by Gasteiger charge is -2.48. The second kappa shape index (κ2) is 7.60. The highest BCUT2D eigenvalue weighted by atomic mass is 19.4. The van der Waals surface area contributed by atoms with Crippen molar-refractivity contribution in [2.45, 2.75) is 32.5 Å². The SMILES string of the molecule is Cc1nc(N2CC3(CCN(c4cnc5c(n4)n(C)c(=O)n5CC(F)F)C3)C2)cc(C(F)(F)F)n1. The number of aromatic nitrogens is 6. The van der Waals surface area contributed by atoms with Gasteiger partial charge >= 0.3 is 11.9 Å². The van der Waals surface area contributed by atoms with Gasteiger partial charge in [-0.25, -0.2) is 33.5 Å². The van der Waals surface area contributed by atoms with Gasteiger partial charge in [0.05, 0.1) is 12.7 Å². The van der Waals surface area contributed by atoms with Crippen molar-refractivity contribution in [2.24, 2.45) is 12.5 Å². The third kappa shape index (κ3) is 3.74. The van der Waals surface area contributed by atoms with E-state index in [0.29, 0.717) is 32.0 Å². The van der Waals surface area contributed by atoms with Gasteiger partial charge in [0, 0.05) is 44.7 Å². The maximum Gasteiger partial charge on any atom is 0.433 e. The number of nitrogens with zero attached hydrogens (tertiary/aromatic N) is 8. The zero-order chi connectivity index (χ0) is 24.4. The van der Waals surface area contributed by atoms with Crippen LogP contribution in [0, 0.1) is 12.3 Å². The summed E-state index contributed by atoms with van der Waals surface area (Å²) >= 11 is 0. The van der Waals surface area contributed by atoms with Crippen LogP contribution in [0.5, 0.6) is 0 Å². The van der Waals surface area contributed by atoms with Gasteiger partial charge in [-0.15, -0.1) is 0 Å². The van der Waals surface area contributed by atoms with Gasteiger partial charge in [0.1, 0.15) is 23.2 Å². The lowest BCUT2D eigenvalue weighted by molar-refractivity contribution is -0.141. The summed E-state index contributed by atoms with van der Waals surface area (Å²) < 4.78 is 67.1. The molecule has 34 heavy (non-hydrogen) atoms. The van der Waals surface area contributed by atoms with Crippen molar-refractivity contribution in [2.75, 3.05) is 36.0 Å². The quantitative estimate of drug-likeness (QED) is 0.525. The summed E-state index contributed by atoms with van der Waals surface area (Å²) in [4.78, 5) is 32.5. The van der Waals surface area contributed by atoms with Gasteiger partial charge in [-0.2, -0.15) is 13.2 Å². The highest BCUT2D eigenvalue weighted by molar-refractivity contribution is 5.69. The van der Waals surface area contributed by atoms with Crippen LogP contribution in [0.25, 0.3) is 11.3 Å². The fraction of sp³-hybridized carbons (Fsp3) is 0.550. The Morgan fingerprint density at radius 1 is 1.06 bits per heavy atom. The molecule has 0 radical (unpaired) electrons. The summed E-state index contributed by atoms with van der Waals surface area (Å²) in [5, 5.41) is 0. The fourth-order valence-electron chi connectivity index (χ4n) is 4.77. The van der Waals surface area contributed by atoms with Gasteiger partial charge in [0.25, 0.3) is 6.43 Å². The van der Waals surface area contributed by atoms with Crippen LogP contribution < -0.4 is 15.5 Å². The molecule has 0 N–H and O–H groups in total. The summed E-state index contributed by atoms with van der Waals surface area (Å²) in [7, 11) is 1.46. The molecule has 0 aromatic carbocycles. The highest BCUT2D eigenvalue weighted by Gasteiger charge is 2.49. The Balaban J connectivity index is 1.33. The second-order valence-corrected chi connectivity index (χ2v) is 8.90. The number of halogens is 5. The minimum Gasteiger partial charge on any atom is -0.355 e. The van der Waals surface area contributed by atoms with Crippen LogP contribution >= 0.6 is 0 Å². The molecule has 3 aromatic rings. The molecule has 0 bridgehead atoms. The standard InChI is InChI=1S/C20H21F5N8O/c1-11-27-12(20(23,24)25)5-14(28-11)32-9-19(10-32)3-4-31(8-19)15-6-26-16-17(29-15)30(2)18(34)33(16)7-13(21)22/h5-6,13H,3-4,7-10H2,1-2H3. The van der Waals surface area contributed by atoms with Crippen molar-refractivity contribution >= 4 is 22.9 Å². The van der Waals surface area contributed by atoms with Crippen LogP contribution in [0.3, 0.4) is 0 Å². The van der Waals surface area contributed by atoms with Gasteiger partial charge in [0.2, 0.25) is 0 Å². The molecule has 14 heteroatoms. The summed E-state index contributed by atoms with van der Waals surface area (Å²) in [5.74, 6) is 0.831. The Hall–Kier alpha value is -3.32. The van der Waals surface area contributed by atoms with Gasteiger partial charge < -0.3 is 9.80 Å². The first-order valence-electron chi connectivity index (χ1n) is 10.6. The first kappa shape index (κ1) is 22.5. The molecule has 2 saturated heterocycles. The molecule has 9 nitrogen and oxygen atoms in total.